The van der Waals surface area contributed by atoms with E-state index in [-0.39, 0.29) is 10.6 Å². The number of rotatable bonds is 8. The summed E-state index contributed by atoms with van der Waals surface area (Å²) in [4.78, 5) is 26.2. The number of nitrogens with two attached hydrogens (primary N) is 2. The highest BCUT2D eigenvalue weighted by atomic mass is 35.5. The van der Waals surface area contributed by atoms with E-state index in [9.17, 15) is 9.59 Å². The number of nitrogen functional groups attached to an aromatic ring is 1. The topological polar surface area (TPSA) is 122 Å². The van der Waals surface area contributed by atoms with E-state index < -0.39 is 11.9 Å². The van der Waals surface area contributed by atoms with Gasteiger partial charge in [-0.05, 0) is 96.2 Å². The molecular formula is C26H43ClN4O4. The van der Waals surface area contributed by atoms with E-state index in [1.807, 2.05) is 0 Å². The number of hydrogen-bond donors (Lipinski definition) is 3. The molecule has 1 aromatic carbocycles. The van der Waals surface area contributed by atoms with E-state index >= 15 is 0 Å². The molecule has 35 heavy (non-hydrogen) atoms. The van der Waals surface area contributed by atoms with Crippen molar-refractivity contribution in [2.45, 2.75) is 64.2 Å². The summed E-state index contributed by atoms with van der Waals surface area (Å²) in [5, 5.41) is 8.74. The summed E-state index contributed by atoms with van der Waals surface area (Å²) in [6.07, 6.45) is 11.9. The fourth-order valence-electron chi connectivity index (χ4n) is 4.77. The maximum atomic E-state index is 10.9. The minimum atomic E-state index is -0.664. The number of carboxylic acid groups (broad SMARTS) is 1. The van der Waals surface area contributed by atoms with Gasteiger partial charge in [0.15, 0.2) is 0 Å². The number of unbranched alkanes of at least 4 members (excludes halogenated alkanes) is 2. The number of benzene rings is 1. The summed E-state index contributed by atoms with van der Waals surface area (Å²) < 4.78 is 4.90. The van der Waals surface area contributed by atoms with Crippen LogP contribution in [0.25, 0.3) is 0 Å². The Morgan fingerprint density at radius 1 is 1.03 bits per heavy atom. The van der Waals surface area contributed by atoms with Gasteiger partial charge in [0.1, 0.15) is 5.75 Å². The van der Waals surface area contributed by atoms with Gasteiger partial charge in [0.25, 0.3) is 5.91 Å². The van der Waals surface area contributed by atoms with Gasteiger partial charge in [0.05, 0.1) is 23.4 Å². The molecule has 0 aliphatic carbocycles. The first-order valence-corrected chi connectivity index (χ1v) is 13.3. The fourth-order valence-corrected chi connectivity index (χ4v) is 4.93. The molecule has 9 heteroatoms. The maximum Gasteiger partial charge on any atom is 0.303 e. The van der Waals surface area contributed by atoms with E-state index in [2.05, 4.69) is 9.80 Å². The molecule has 0 saturated carbocycles. The van der Waals surface area contributed by atoms with Crippen LogP contribution in [0.4, 0.5) is 5.69 Å². The number of carbonyl (C=O) groups excluding carboxylic acids is 1. The standard InChI is InChI=1S/C11H21NO2.C8H9ClN2O2.C7H13N/c13-11(14)7-3-1-4-8-12-9-5-2-6-10-12;1-13-7-3-6(10)5(9)2-4(7)8(11)12;1-4-8-5-2-7(1)3-6-8/h1-10H2,(H,13,14);2-3H,10H2,1H3,(H2,11,12);7H,1-6H2. The molecule has 0 unspecified atom stereocenters. The molecule has 4 saturated heterocycles. The van der Waals surface area contributed by atoms with Crippen molar-refractivity contribution in [3.05, 3.63) is 22.7 Å². The molecule has 0 radical (unpaired) electrons. The van der Waals surface area contributed by atoms with E-state index in [1.165, 1.54) is 97.0 Å². The second-order valence-corrected chi connectivity index (χ2v) is 10.0. The van der Waals surface area contributed by atoms with Crippen LogP contribution in [0.1, 0.15) is 74.6 Å². The van der Waals surface area contributed by atoms with Crippen molar-refractivity contribution in [1.82, 2.24) is 9.80 Å². The van der Waals surface area contributed by atoms with Crippen molar-refractivity contribution in [3.63, 3.8) is 0 Å². The summed E-state index contributed by atoms with van der Waals surface area (Å²) in [5.41, 5.74) is 11.2. The number of primary amides is 1. The molecule has 0 atom stereocenters. The van der Waals surface area contributed by atoms with Crippen LogP contribution in [0.2, 0.25) is 5.02 Å². The molecule has 5 N–H and O–H groups in total. The van der Waals surface area contributed by atoms with Crippen molar-refractivity contribution in [1.29, 1.82) is 0 Å². The molecule has 4 fully saturated rings. The molecule has 1 amide bonds. The average Bonchev–Trinajstić information content (AvgIpc) is 2.87. The van der Waals surface area contributed by atoms with Gasteiger partial charge in [-0.2, -0.15) is 0 Å². The number of carboxylic acids is 1. The largest absolute Gasteiger partial charge is 0.496 e. The molecule has 0 aromatic heterocycles. The Kier molecular flexibility index (Phi) is 13.2. The van der Waals surface area contributed by atoms with Crippen LogP contribution >= 0.6 is 11.6 Å². The molecule has 4 aliphatic heterocycles. The number of fused-ring (bicyclic) bond motifs is 3. The van der Waals surface area contributed by atoms with Gasteiger partial charge in [-0.1, -0.05) is 24.4 Å². The lowest BCUT2D eigenvalue weighted by molar-refractivity contribution is -0.137. The Labute approximate surface area is 214 Å². The van der Waals surface area contributed by atoms with Crippen LogP contribution in [0.3, 0.4) is 0 Å². The molecule has 8 nitrogen and oxygen atoms in total. The molecular weight excluding hydrogens is 468 g/mol. The first kappa shape index (κ1) is 29.2. The van der Waals surface area contributed by atoms with Crippen molar-refractivity contribution in [3.8, 4) is 5.75 Å². The fraction of sp³-hybridized carbons (Fsp3) is 0.692. The third-order valence-electron chi connectivity index (χ3n) is 6.96. The van der Waals surface area contributed by atoms with E-state index in [1.54, 1.807) is 0 Å². The number of likely N-dealkylation sites (tertiary alicyclic amines) is 1. The third-order valence-corrected chi connectivity index (χ3v) is 7.29. The SMILES string of the molecule is C1CN2CCC1CC2.COc1cc(N)c(Cl)cc1C(N)=O.O=C(O)CCCCCN1CCCCC1. The smallest absolute Gasteiger partial charge is 0.303 e. The quantitative estimate of drug-likeness (QED) is 0.353. The normalized spacial score (nSPS) is 21.2. The van der Waals surface area contributed by atoms with E-state index in [0.29, 0.717) is 17.9 Å². The highest BCUT2D eigenvalue weighted by molar-refractivity contribution is 6.33. The van der Waals surface area contributed by atoms with Crippen LogP contribution in [0.15, 0.2) is 12.1 Å². The molecule has 4 heterocycles. The summed E-state index contributed by atoms with van der Waals surface area (Å²) in [6, 6.07) is 2.85. The number of halogens is 1. The van der Waals surface area contributed by atoms with Crippen molar-refractivity contribution in [2.24, 2.45) is 11.7 Å². The van der Waals surface area contributed by atoms with E-state index in [0.717, 1.165) is 25.2 Å². The Morgan fingerprint density at radius 3 is 2.11 bits per heavy atom. The maximum absolute atomic E-state index is 10.9. The number of hydrogen-bond acceptors (Lipinski definition) is 6. The third kappa shape index (κ3) is 11.1. The molecule has 4 aliphatic rings. The van der Waals surface area contributed by atoms with Gasteiger partial charge >= 0.3 is 5.97 Å². The predicted molar refractivity (Wildman–Crippen MR) is 141 cm³/mol. The number of methoxy groups -OCH3 is 1. The number of ether oxygens (including phenoxy) is 1. The number of piperidine rings is 4. The van der Waals surface area contributed by atoms with Gasteiger partial charge in [0, 0.05) is 12.5 Å². The van der Waals surface area contributed by atoms with Crippen LogP contribution in [0, 0.1) is 5.92 Å². The van der Waals surface area contributed by atoms with Crippen molar-refractivity contribution < 1.29 is 19.4 Å². The zero-order valence-corrected chi connectivity index (χ0v) is 21.9. The summed E-state index contributed by atoms with van der Waals surface area (Å²) in [6.45, 7) is 7.84. The van der Waals surface area contributed by atoms with E-state index in [4.69, 9.17) is 32.9 Å². The summed E-state index contributed by atoms with van der Waals surface area (Å²) in [5.74, 6) is 0.177. The lowest BCUT2D eigenvalue weighted by Crippen LogP contribution is -2.41. The van der Waals surface area contributed by atoms with Crippen LogP contribution < -0.4 is 16.2 Å². The van der Waals surface area contributed by atoms with Gasteiger partial charge < -0.3 is 31.1 Å². The van der Waals surface area contributed by atoms with Crippen molar-refractivity contribution >= 4 is 29.2 Å². The molecule has 1 aromatic rings. The predicted octanol–water partition coefficient (Wildman–Crippen LogP) is 4.25. The second kappa shape index (κ2) is 15.9. The minimum absolute atomic E-state index is 0.224. The molecule has 198 valence electrons. The van der Waals surface area contributed by atoms with Crippen LogP contribution in [-0.4, -0.2) is 73.2 Å². The molecule has 5 rings (SSSR count). The number of carbonyl (C=O) groups is 2. The van der Waals surface area contributed by atoms with Gasteiger partial charge in [-0.3, -0.25) is 9.59 Å². The molecule has 0 spiro atoms. The Balaban J connectivity index is 0.000000191. The van der Waals surface area contributed by atoms with Gasteiger partial charge in [-0.25, -0.2) is 0 Å². The average molecular weight is 511 g/mol. The zero-order valence-electron chi connectivity index (χ0n) is 21.1. The molecule has 2 bridgehead atoms. The highest BCUT2D eigenvalue weighted by Crippen LogP contribution is 2.28. The lowest BCUT2D eigenvalue weighted by atomic mass is 9.89. The first-order chi connectivity index (χ1) is 16.8. The Hall–Kier alpha value is -2.03. The van der Waals surface area contributed by atoms with Crippen LogP contribution in [-0.2, 0) is 4.79 Å². The number of amides is 1. The Bertz CT molecular complexity index is 771. The lowest BCUT2D eigenvalue weighted by Gasteiger charge is -2.38. The van der Waals surface area contributed by atoms with Crippen LogP contribution in [0.5, 0.6) is 5.75 Å². The monoisotopic (exact) mass is 510 g/mol. The summed E-state index contributed by atoms with van der Waals surface area (Å²) in [7, 11) is 1.43. The number of nitrogens with zero attached hydrogens (tertiary/aromatic N) is 2. The number of anilines is 1. The highest BCUT2D eigenvalue weighted by Gasteiger charge is 2.24. The Morgan fingerprint density at radius 2 is 1.66 bits per heavy atom. The van der Waals surface area contributed by atoms with Crippen molar-refractivity contribution in [2.75, 3.05) is 52.1 Å². The zero-order chi connectivity index (χ0) is 25.6. The first-order valence-electron chi connectivity index (χ1n) is 12.9. The number of aliphatic carboxylic acids is 1. The van der Waals surface area contributed by atoms with Gasteiger partial charge in [0.2, 0.25) is 0 Å². The van der Waals surface area contributed by atoms with Gasteiger partial charge in [-0.15, -0.1) is 0 Å². The minimum Gasteiger partial charge on any atom is -0.496 e. The second-order valence-electron chi connectivity index (χ2n) is 9.62. The summed E-state index contributed by atoms with van der Waals surface area (Å²) >= 11 is 5.70.